The summed E-state index contributed by atoms with van der Waals surface area (Å²) in [7, 11) is 0. The molecule has 1 heterocycles. The number of hydrogen-bond acceptors (Lipinski definition) is 3. The minimum atomic E-state index is -0.360. The molecule has 0 saturated carbocycles. The van der Waals surface area contributed by atoms with Crippen molar-refractivity contribution in [1.82, 2.24) is 5.32 Å². The largest absolute Gasteiger partial charge is 0.367 e. The first kappa shape index (κ1) is 11.9. The second-order valence-corrected chi connectivity index (χ2v) is 4.65. The molecule has 3 nitrogen and oxygen atoms in total. The number of nitrogens with zero attached hydrogens (tertiary/aromatic N) is 2. The Kier molecular flexibility index (Phi) is 3.30. The first-order valence-corrected chi connectivity index (χ1v) is 5.81. The Morgan fingerprint density at radius 3 is 2.59 bits per heavy atom. The molecule has 0 radical (unpaired) electrons. The van der Waals surface area contributed by atoms with Crippen LogP contribution in [0.2, 0.25) is 0 Å². The van der Waals surface area contributed by atoms with Crippen molar-refractivity contribution in [3.63, 3.8) is 0 Å². The highest BCUT2D eigenvalue weighted by Crippen LogP contribution is 2.23. The first-order chi connectivity index (χ1) is 8.10. The van der Waals surface area contributed by atoms with E-state index in [4.69, 9.17) is 5.26 Å². The van der Waals surface area contributed by atoms with E-state index in [0.717, 1.165) is 18.8 Å². The van der Waals surface area contributed by atoms with Crippen molar-refractivity contribution in [1.29, 1.82) is 5.26 Å². The van der Waals surface area contributed by atoms with Crippen molar-refractivity contribution >= 4 is 5.69 Å². The molecule has 2 rings (SSSR count). The van der Waals surface area contributed by atoms with Gasteiger partial charge in [0, 0.05) is 25.2 Å². The fraction of sp³-hybridized carbons (Fsp3) is 0.462. The van der Waals surface area contributed by atoms with E-state index >= 15 is 0 Å². The normalized spacial score (nSPS) is 24.5. The molecule has 90 valence electrons. The fourth-order valence-corrected chi connectivity index (χ4v) is 2.40. The van der Waals surface area contributed by atoms with Crippen LogP contribution < -0.4 is 10.2 Å². The van der Waals surface area contributed by atoms with Crippen molar-refractivity contribution in [3.05, 3.63) is 29.6 Å². The number of nitrogens with one attached hydrogen (secondary N) is 1. The summed E-state index contributed by atoms with van der Waals surface area (Å²) in [5.41, 5.74) is 1.24. The molecule has 17 heavy (non-hydrogen) atoms. The predicted molar refractivity (Wildman–Crippen MR) is 65.4 cm³/mol. The summed E-state index contributed by atoms with van der Waals surface area (Å²) >= 11 is 0. The molecule has 0 amide bonds. The summed E-state index contributed by atoms with van der Waals surface area (Å²) < 4.78 is 13.1. The lowest BCUT2D eigenvalue weighted by Crippen LogP contribution is -2.54. The highest BCUT2D eigenvalue weighted by atomic mass is 19.1. The van der Waals surface area contributed by atoms with E-state index in [0.29, 0.717) is 17.6 Å². The maximum absolute atomic E-state index is 13.1. The molecule has 1 aliphatic heterocycles. The van der Waals surface area contributed by atoms with Gasteiger partial charge in [0.25, 0.3) is 0 Å². The Morgan fingerprint density at radius 2 is 2.00 bits per heavy atom. The van der Waals surface area contributed by atoms with Crippen molar-refractivity contribution in [2.75, 3.05) is 18.0 Å². The second kappa shape index (κ2) is 4.72. The molecule has 1 N–H and O–H groups in total. The molecule has 0 bridgehead atoms. The molecule has 0 spiro atoms. The van der Waals surface area contributed by atoms with E-state index in [-0.39, 0.29) is 5.82 Å². The minimum Gasteiger partial charge on any atom is -0.367 e. The van der Waals surface area contributed by atoms with E-state index in [9.17, 15) is 4.39 Å². The van der Waals surface area contributed by atoms with E-state index in [1.807, 2.05) is 0 Å². The van der Waals surface area contributed by atoms with E-state index in [2.05, 4.69) is 30.1 Å². The van der Waals surface area contributed by atoms with Gasteiger partial charge in [0.05, 0.1) is 11.3 Å². The molecule has 1 saturated heterocycles. The highest BCUT2D eigenvalue weighted by Gasteiger charge is 2.22. The summed E-state index contributed by atoms with van der Waals surface area (Å²) in [5.74, 6) is -0.360. The number of rotatable bonds is 1. The number of benzene rings is 1. The number of anilines is 1. The van der Waals surface area contributed by atoms with Crippen molar-refractivity contribution < 1.29 is 4.39 Å². The molecule has 4 heteroatoms. The van der Waals surface area contributed by atoms with Crippen molar-refractivity contribution in [2.45, 2.75) is 25.9 Å². The van der Waals surface area contributed by atoms with Gasteiger partial charge >= 0.3 is 0 Å². The highest BCUT2D eigenvalue weighted by molar-refractivity contribution is 5.59. The molecule has 2 atom stereocenters. The standard InChI is InChI=1S/C13H16FN3/c1-9-7-17(8-10(2)16-9)13-4-3-12(14)5-11(13)6-15/h3-5,9-10,16H,7-8H2,1-2H3. The molecule has 1 aromatic carbocycles. The van der Waals surface area contributed by atoms with Crippen LogP contribution in [0, 0.1) is 17.1 Å². The van der Waals surface area contributed by atoms with Crippen LogP contribution >= 0.6 is 0 Å². The zero-order chi connectivity index (χ0) is 12.4. The molecule has 1 aromatic rings. The third-order valence-corrected chi connectivity index (χ3v) is 2.98. The second-order valence-electron chi connectivity index (χ2n) is 4.65. The zero-order valence-corrected chi connectivity index (χ0v) is 10.1. The summed E-state index contributed by atoms with van der Waals surface area (Å²) in [4.78, 5) is 2.14. The van der Waals surface area contributed by atoms with Crippen molar-refractivity contribution in [2.24, 2.45) is 0 Å². The summed E-state index contributed by atoms with van der Waals surface area (Å²) in [5, 5.41) is 12.5. The quantitative estimate of drug-likeness (QED) is 0.805. The van der Waals surface area contributed by atoms with E-state index < -0.39 is 0 Å². The Hall–Kier alpha value is -1.60. The van der Waals surface area contributed by atoms with Gasteiger partial charge in [0.1, 0.15) is 11.9 Å². The maximum Gasteiger partial charge on any atom is 0.124 e. The molecule has 1 fully saturated rings. The fourth-order valence-electron chi connectivity index (χ4n) is 2.40. The number of hydrogen-bond donors (Lipinski definition) is 1. The van der Waals surface area contributed by atoms with Crippen molar-refractivity contribution in [3.8, 4) is 6.07 Å². The molecular weight excluding hydrogens is 217 g/mol. The van der Waals surface area contributed by atoms with Crippen LogP contribution in [-0.2, 0) is 0 Å². The Bertz CT molecular complexity index is 442. The predicted octanol–water partition coefficient (Wildman–Crippen LogP) is 1.88. The average Bonchev–Trinajstić information content (AvgIpc) is 2.27. The lowest BCUT2D eigenvalue weighted by Gasteiger charge is -2.38. The van der Waals surface area contributed by atoms with Crippen LogP contribution in [0.4, 0.5) is 10.1 Å². The zero-order valence-electron chi connectivity index (χ0n) is 10.1. The average molecular weight is 233 g/mol. The molecule has 1 aliphatic rings. The number of halogens is 1. The molecule has 2 unspecified atom stereocenters. The number of nitriles is 1. The van der Waals surface area contributed by atoms with Crippen LogP contribution in [0.5, 0.6) is 0 Å². The first-order valence-electron chi connectivity index (χ1n) is 5.81. The van der Waals surface area contributed by atoms with Gasteiger partial charge in [-0.1, -0.05) is 0 Å². The summed E-state index contributed by atoms with van der Waals surface area (Å²) in [6.45, 7) is 5.89. The Labute approximate surface area is 101 Å². The summed E-state index contributed by atoms with van der Waals surface area (Å²) in [6, 6.07) is 7.20. The molecule has 0 aliphatic carbocycles. The molecular formula is C13H16FN3. The third-order valence-electron chi connectivity index (χ3n) is 2.98. The van der Waals surface area contributed by atoms with Crippen LogP contribution in [0.15, 0.2) is 18.2 Å². The number of piperazine rings is 1. The van der Waals surface area contributed by atoms with Gasteiger partial charge in [0.15, 0.2) is 0 Å². The van der Waals surface area contributed by atoms with Gasteiger partial charge in [-0.05, 0) is 32.0 Å². The Morgan fingerprint density at radius 1 is 1.35 bits per heavy atom. The monoisotopic (exact) mass is 233 g/mol. The van der Waals surface area contributed by atoms with Gasteiger partial charge < -0.3 is 10.2 Å². The van der Waals surface area contributed by atoms with Gasteiger partial charge in [0.2, 0.25) is 0 Å². The van der Waals surface area contributed by atoms with E-state index in [1.165, 1.54) is 12.1 Å². The Balaban J connectivity index is 2.30. The van der Waals surface area contributed by atoms with Gasteiger partial charge in [-0.2, -0.15) is 5.26 Å². The van der Waals surface area contributed by atoms with Gasteiger partial charge in [-0.25, -0.2) is 4.39 Å². The minimum absolute atomic E-state index is 0.360. The van der Waals surface area contributed by atoms with Gasteiger partial charge in [-0.3, -0.25) is 0 Å². The van der Waals surface area contributed by atoms with E-state index in [1.54, 1.807) is 6.07 Å². The van der Waals surface area contributed by atoms with Gasteiger partial charge in [-0.15, -0.1) is 0 Å². The van der Waals surface area contributed by atoms with Crippen LogP contribution in [0.3, 0.4) is 0 Å². The molecule has 0 aromatic heterocycles. The summed E-state index contributed by atoms with van der Waals surface area (Å²) in [6.07, 6.45) is 0. The SMILES string of the molecule is CC1CN(c2ccc(F)cc2C#N)CC(C)N1. The third kappa shape index (κ3) is 2.56. The smallest absolute Gasteiger partial charge is 0.124 e. The van der Waals surface area contributed by atoms with Crippen LogP contribution in [0.25, 0.3) is 0 Å². The van der Waals surface area contributed by atoms with Crippen LogP contribution in [-0.4, -0.2) is 25.2 Å². The maximum atomic E-state index is 13.1. The lowest BCUT2D eigenvalue weighted by molar-refractivity contribution is 0.407. The van der Waals surface area contributed by atoms with Crippen LogP contribution in [0.1, 0.15) is 19.4 Å². The topological polar surface area (TPSA) is 39.1 Å². The lowest BCUT2D eigenvalue weighted by atomic mass is 10.1.